The van der Waals surface area contributed by atoms with Crippen LogP contribution in [0.2, 0.25) is 0 Å². The zero-order valence-electron chi connectivity index (χ0n) is 19.6. The lowest BCUT2D eigenvalue weighted by atomic mass is 10.0. The number of rotatable bonds is 6. The smallest absolute Gasteiger partial charge is 0.261 e. The summed E-state index contributed by atoms with van der Waals surface area (Å²) in [5, 5.41) is 5.68. The molecular formula is C28H23N3O3S2. The standard InChI is InChI=1S/C28H23N3O3S2/c1-18-5-12-22(13-6-18)36(33,34)31-21-10-8-20(9-11-21)29-28(32)24-17-26(27-4-3-15-35-27)30-25-14-7-19(2)16-23(24)25/h3-17,31H,1-2H3,(H,29,32). The van der Waals surface area contributed by atoms with Gasteiger partial charge in [0.25, 0.3) is 15.9 Å². The molecule has 36 heavy (non-hydrogen) atoms. The van der Waals surface area contributed by atoms with Gasteiger partial charge >= 0.3 is 0 Å². The van der Waals surface area contributed by atoms with Gasteiger partial charge in [-0.3, -0.25) is 9.52 Å². The van der Waals surface area contributed by atoms with E-state index < -0.39 is 10.0 Å². The summed E-state index contributed by atoms with van der Waals surface area (Å²) in [4.78, 5) is 19.3. The normalized spacial score (nSPS) is 11.4. The van der Waals surface area contributed by atoms with E-state index in [9.17, 15) is 13.2 Å². The van der Waals surface area contributed by atoms with Crippen LogP contribution in [0.5, 0.6) is 0 Å². The first-order chi connectivity index (χ1) is 17.3. The zero-order valence-corrected chi connectivity index (χ0v) is 21.3. The Kier molecular flexibility index (Phi) is 6.30. The SMILES string of the molecule is Cc1ccc(S(=O)(=O)Nc2ccc(NC(=O)c3cc(-c4cccs4)nc4ccc(C)cc34)cc2)cc1. The number of nitrogens with zero attached hydrogens (tertiary/aromatic N) is 1. The summed E-state index contributed by atoms with van der Waals surface area (Å²) in [6, 6.07) is 24.8. The number of thiophene rings is 1. The highest BCUT2D eigenvalue weighted by molar-refractivity contribution is 7.92. The minimum absolute atomic E-state index is 0.187. The van der Waals surface area contributed by atoms with Gasteiger partial charge in [0.05, 0.1) is 26.5 Å². The summed E-state index contributed by atoms with van der Waals surface area (Å²) in [7, 11) is -3.71. The summed E-state index contributed by atoms with van der Waals surface area (Å²) >= 11 is 1.57. The first-order valence-electron chi connectivity index (χ1n) is 11.2. The topological polar surface area (TPSA) is 88.2 Å². The third kappa shape index (κ3) is 5.00. The molecule has 3 aromatic carbocycles. The molecule has 0 bridgehead atoms. The third-order valence-corrected chi connectivity index (χ3v) is 8.00. The third-order valence-electron chi connectivity index (χ3n) is 5.71. The molecule has 2 aromatic heterocycles. The van der Waals surface area contributed by atoms with Crippen LogP contribution in [0.25, 0.3) is 21.5 Å². The van der Waals surface area contributed by atoms with Crippen molar-refractivity contribution in [2.24, 2.45) is 0 Å². The van der Waals surface area contributed by atoms with Crippen LogP contribution in [0.4, 0.5) is 11.4 Å². The van der Waals surface area contributed by atoms with Crippen molar-refractivity contribution in [1.82, 2.24) is 4.98 Å². The van der Waals surface area contributed by atoms with Crippen molar-refractivity contribution in [2.45, 2.75) is 18.7 Å². The van der Waals surface area contributed by atoms with Crippen molar-refractivity contribution in [3.8, 4) is 10.6 Å². The van der Waals surface area contributed by atoms with E-state index in [1.807, 2.05) is 55.6 Å². The average Bonchev–Trinajstić information content (AvgIpc) is 3.40. The number of carbonyl (C=O) groups is 1. The van der Waals surface area contributed by atoms with Crippen LogP contribution in [-0.4, -0.2) is 19.3 Å². The Labute approximate surface area is 213 Å². The van der Waals surface area contributed by atoms with Crippen molar-refractivity contribution >= 4 is 49.5 Å². The number of benzene rings is 3. The molecule has 1 amide bonds. The molecule has 2 N–H and O–H groups in total. The number of aryl methyl sites for hydroxylation is 2. The van der Waals surface area contributed by atoms with Gasteiger partial charge in [0.15, 0.2) is 0 Å². The van der Waals surface area contributed by atoms with E-state index in [1.54, 1.807) is 59.9 Å². The number of hydrogen-bond donors (Lipinski definition) is 2. The van der Waals surface area contributed by atoms with Gasteiger partial charge in [-0.2, -0.15) is 0 Å². The predicted octanol–water partition coefficient (Wildman–Crippen LogP) is 6.63. The Morgan fingerprint density at radius 1 is 0.833 bits per heavy atom. The molecule has 5 aromatic rings. The number of carbonyl (C=O) groups excluding carboxylic acids is 1. The molecule has 0 radical (unpaired) electrons. The molecule has 8 heteroatoms. The maximum absolute atomic E-state index is 13.3. The maximum Gasteiger partial charge on any atom is 0.261 e. The lowest BCUT2D eigenvalue weighted by Gasteiger charge is -2.12. The largest absolute Gasteiger partial charge is 0.322 e. The van der Waals surface area contributed by atoms with Crippen LogP contribution in [0.3, 0.4) is 0 Å². The number of sulfonamides is 1. The molecule has 2 heterocycles. The Bertz CT molecular complexity index is 1660. The van der Waals surface area contributed by atoms with Gasteiger partial charge in [-0.05, 0) is 79.9 Å². The molecule has 0 aliphatic heterocycles. The number of pyridine rings is 1. The van der Waals surface area contributed by atoms with Crippen molar-refractivity contribution in [1.29, 1.82) is 0 Å². The highest BCUT2D eigenvalue weighted by atomic mass is 32.2. The highest BCUT2D eigenvalue weighted by Crippen LogP contribution is 2.29. The minimum atomic E-state index is -3.71. The minimum Gasteiger partial charge on any atom is -0.322 e. The average molecular weight is 514 g/mol. The van der Waals surface area contributed by atoms with Gasteiger partial charge in [-0.1, -0.05) is 35.4 Å². The number of nitrogens with one attached hydrogen (secondary N) is 2. The first kappa shape index (κ1) is 23.7. The van der Waals surface area contributed by atoms with E-state index in [4.69, 9.17) is 4.98 Å². The number of anilines is 2. The fourth-order valence-electron chi connectivity index (χ4n) is 3.83. The molecule has 0 aliphatic rings. The highest BCUT2D eigenvalue weighted by Gasteiger charge is 2.16. The Balaban J connectivity index is 1.39. The summed E-state index contributed by atoms with van der Waals surface area (Å²) < 4.78 is 27.9. The molecule has 0 fully saturated rings. The van der Waals surface area contributed by atoms with E-state index in [2.05, 4.69) is 10.0 Å². The van der Waals surface area contributed by atoms with Crippen molar-refractivity contribution < 1.29 is 13.2 Å². The lowest BCUT2D eigenvalue weighted by Crippen LogP contribution is -2.14. The van der Waals surface area contributed by atoms with Crippen LogP contribution in [0, 0.1) is 13.8 Å². The van der Waals surface area contributed by atoms with E-state index >= 15 is 0 Å². The van der Waals surface area contributed by atoms with Crippen molar-refractivity contribution in [2.75, 3.05) is 10.0 Å². The first-order valence-corrected chi connectivity index (χ1v) is 13.6. The molecule has 0 unspecified atom stereocenters. The predicted molar refractivity (Wildman–Crippen MR) is 146 cm³/mol. The van der Waals surface area contributed by atoms with Gasteiger partial charge in [0, 0.05) is 16.8 Å². The summed E-state index contributed by atoms with van der Waals surface area (Å²) in [5.74, 6) is -0.265. The molecule has 180 valence electrons. The van der Waals surface area contributed by atoms with E-state index in [-0.39, 0.29) is 10.8 Å². The molecule has 0 spiro atoms. The Morgan fingerprint density at radius 3 is 2.22 bits per heavy atom. The van der Waals surface area contributed by atoms with Gasteiger partial charge in [0.1, 0.15) is 0 Å². The van der Waals surface area contributed by atoms with Crippen LogP contribution in [-0.2, 0) is 10.0 Å². The van der Waals surface area contributed by atoms with Crippen LogP contribution in [0.1, 0.15) is 21.5 Å². The van der Waals surface area contributed by atoms with Crippen molar-refractivity contribution in [3.63, 3.8) is 0 Å². The van der Waals surface area contributed by atoms with Gasteiger partial charge in [-0.15, -0.1) is 11.3 Å². The summed E-state index contributed by atoms with van der Waals surface area (Å²) in [6.45, 7) is 3.88. The number of hydrogen-bond acceptors (Lipinski definition) is 5. The Morgan fingerprint density at radius 2 is 1.53 bits per heavy atom. The van der Waals surface area contributed by atoms with Gasteiger partial charge in [-0.25, -0.2) is 13.4 Å². The molecule has 6 nitrogen and oxygen atoms in total. The summed E-state index contributed by atoms with van der Waals surface area (Å²) in [5.41, 5.74) is 4.98. The fraction of sp³-hybridized carbons (Fsp3) is 0.0714. The number of fused-ring (bicyclic) bond motifs is 1. The molecule has 0 aliphatic carbocycles. The van der Waals surface area contributed by atoms with E-state index in [0.29, 0.717) is 16.9 Å². The molecule has 0 saturated carbocycles. The summed E-state index contributed by atoms with van der Waals surface area (Å²) in [6.07, 6.45) is 0. The number of amides is 1. The molecule has 0 saturated heterocycles. The molecule has 0 atom stereocenters. The van der Waals surface area contributed by atoms with Gasteiger partial charge < -0.3 is 5.32 Å². The van der Waals surface area contributed by atoms with Crippen LogP contribution >= 0.6 is 11.3 Å². The van der Waals surface area contributed by atoms with Crippen LogP contribution < -0.4 is 10.0 Å². The quantitative estimate of drug-likeness (QED) is 0.267. The monoisotopic (exact) mass is 513 g/mol. The van der Waals surface area contributed by atoms with E-state index in [0.717, 1.165) is 32.6 Å². The van der Waals surface area contributed by atoms with Gasteiger partial charge in [0.2, 0.25) is 0 Å². The molecular weight excluding hydrogens is 490 g/mol. The fourth-order valence-corrected chi connectivity index (χ4v) is 5.57. The van der Waals surface area contributed by atoms with Crippen molar-refractivity contribution in [3.05, 3.63) is 107 Å². The van der Waals surface area contributed by atoms with Crippen LogP contribution in [0.15, 0.2) is 95.2 Å². The second kappa shape index (κ2) is 9.56. The maximum atomic E-state index is 13.3. The molecule has 5 rings (SSSR count). The Hall–Kier alpha value is -4.01. The second-order valence-corrected chi connectivity index (χ2v) is 11.1. The second-order valence-electron chi connectivity index (χ2n) is 8.50. The zero-order chi connectivity index (χ0) is 25.3. The number of aromatic nitrogens is 1. The lowest BCUT2D eigenvalue weighted by molar-refractivity contribution is 0.102. The van der Waals surface area contributed by atoms with E-state index in [1.165, 1.54) is 0 Å².